The van der Waals surface area contributed by atoms with Crippen LogP contribution in [0.2, 0.25) is 0 Å². The number of aromatic nitrogens is 3. The Labute approximate surface area is 120 Å². The van der Waals surface area contributed by atoms with Crippen molar-refractivity contribution in [3.63, 3.8) is 0 Å². The summed E-state index contributed by atoms with van der Waals surface area (Å²) in [7, 11) is 1.57. The van der Waals surface area contributed by atoms with Gasteiger partial charge < -0.3 is 15.4 Å². The molecule has 20 heavy (non-hydrogen) atoms. The molecule has 1 aromatic rings. The highest BCUT2D eigenvalue weighted by Crippen LogP contribution is 2.25. The van der Waals surface area contributed by atoms with Crippen LogP contribution in [0, 0.1) is 5.92 Å². The Balaban J connectivity index is 2.05. The van der Waals surface area contributed by atoms with Gasteiger partial charge in [-0.3, -0.25) is 0 Å². The number of ether oxygens (including phenoxy) is 1. The third-order valence-corrected chi connectivity index (χ3v) is 3.60. The van der Waals surface area contributed by atoms with Gasteiger partial charge in [-0.2, -0.15) is 15.0 Å². The van der Waals surface area contributed by atoms with Crippen LogP contribution < -0.4 is 15.4 Å². The summed E-state index contributed by atoms with van der Waals surface area (Å²) in [6, 6.07) is 0.801. The number of rotatable bonds is 6. The summed E-state index contributed by atoms with van der Waals surface area (Å²) in [5.41, 5.74) is 0. The molecule has 6 nitrogen and oxygen atoms in total. The van der Waals surface area contributed by atoms with E-state index in [1.807, 2.05) is 0 Å². The number of anilines is 2. The van der Waals surface area contributed by atoms with Crippen molar-refractivity contribution in [1.29, 1.82) is 0 Å². The zero-order valence-corrected chi connectivity index (χ0v) is 12.6. The highest BCUT2D eigenvalue weighted by atomic mass is 16.5. The van der Waals surface area contributed by atoms with Crippen LogP contribution in [-0.2, 0) is 0 Å². The summed E-state index contributed by atoms with van der Waals surface area (Å²) in [6.07, 6.45) is 5.96. The zero-order chi connectivity index (χ0) is 14.4. The summed E-state index contributed by atoms with van der Waals surface area (Å²) < 4.78 is 5.14. The van der Waals surface area contributed by atoms with Crippen LogP contribution in [0.5, 0.6) is 6.01 Å². The van der Waals surface area contributed by atoms with E-state index in [1.54, 1.807) is 7.11 Å². The fourth-order valence-electron chi connectivity index (χ4n) is 2.58. The Kier molecular flexibility index (Phi) is 5.38. The van der Waals surface area contributed by atoms with Gasteiger partial charge in [-0.25, -0.2) is 0 Å². The molecule has 0 aromatic carbocycles. The topological polar surface area (TPSA) is 72.0 Å². The van der Waals surface area contributed by atoms with Gasteiger partial charge in [0.05, 0.1) is 7.11 Å². The Morgan fingerprint density at radius 2 is 2.00 bits per heavy atom. The molecule has 2 N–H and O–H groups in total. The first-order valence-corrected chi connectivity index (χ1v) is 7.51. The summed E-state index contributed by atoms with van der Waals surface area (Å²) in [5.74, 6) is 1.95. The molecule has 1 aromatic heterocycles. The molecule has 1 fully saturated rings. The lowest BCUT2D eigenvalue weighted by Gasteiger charge is -2.27. The maximum atomic E-state index is 5.14. The summed E-state index contributed by atoms with van der Waals surface area (Å²) in [6.45, 7) is 5.25. The van der Waals surface area contributed by atoms with Gasteiger partial charge in [0.25, 0.3) is 0 Å². The van der Waals surface area contributed by atoms with Gasteiger partial charge in [0.2, 0.25) is 11.9 Å². The summed E-state index contributed by atoms with van der Waals surface area (Å²) in [5, 5.41) is 6.59. The molecule has 6 heteroatoms. The molecule has 1 heterocycles. The fraction of sp³-hybridized carbons (Fsp3) is 0.786. The molecular formula is C14H25N5O. The molecular weight excluding hydrogens is 254 g/mol. The van der Waals surface area contributed by atoms with Crippen LogP contribution in [0.1, 0.15) is 46.0 Å². The van der Waals surface area contributed by atoms with Crippen molar-refractivity contribution in [3.8, 4) is 6.01 Å². The zero-order valence-electron chi connectivity index (χ0n) is 12.6. The predicted molar refractivity (Wildman–Crippen MR) is 80.2 cm³/mol. The molecule has 0 radical (unpaired) electrons. The predicted octanol–water partition coefficient (Wildman–Crippen LogP) is 2.69. The Morgan fingerprint density at radius 3 is 2.70 bits per heavy atom. The summed E-state index contributed by atoms with van der Waals surface area (Å²) in [4.78, 5) is 12.9. The Hall–Kier alpha value is -1.59. The fourth-order valence-corrected chi connectivity index (χ4v) is 2.58. The van der Waals surface area contributed by atoms with Crippen LogP contribution in [0.25, 0.3) is 0 Å². The molecule has 0 aliphatic heterocycles. The molecule has 0 spiro atoms. The van der Waals surface area contributed by atoms with E-state index in [0.717, 1.165) is 18.9 Å². The van der Waals surface area contributed by atoms with Crippen molar-refractivity contribution in [3.05, 3.63) is 0 Å². The van der Waals surface area contributed by atoms with E-state index in [1.165, 1.54) is 25.7 Å². The first-order chi connectivity index (χ1) is 9.71. The Morgan fingerprint density at radius 1 is 1.20 bits per heavy atom. The third-order valence-electron chi connectivity index (χ3n) is 3.60. The number of nitrogens with one attached hydrogen (secondary N) is 2. The smallest absolute Gasteiger partial charge is 0.322 e. The standard InChI is InChI=1S/C14H25N5O/c1-4-8-15-12-17-13(19-14(18-12)20-3)16-11-7-5-6-10(2)9-11/h10-11H,4-9H2,1-3H3,(H2,15,16,17,18,19). The minimum absolute atomic E-state index is 0.352. The largest absolute Gasteiger partial charge is 0.467 e. The van der Waals surface area contributed by atoms with Gasteiger partial charge in [-0.15, -0.1) is 0 Å². The average molecular weight is 279 g/mol. The summed E-state index contributed by atoms with van der Waals surface area (Å²) >= 11 is 0. The van der Waals surface area contributed by atoms with Crippen LogP contribution in [0.15, 0.2) is 0 Å². The second kappa shape index (κ2) is 7.26. The molecule has 0 bridgehead atoms. The molecule has 2 unspecified atom stereocenters. The van der Waals surface area contributed by atoms with Crippen molar-refractivity contribution in [2.75, 3.05) is 24.3 Å². The molecule has 112 valence electrons. The number of methoxy groups -OCH3 is 1. The number of hydrogen-bond acceptors (Lipinski definition) is 6. The Bertz CT molecular complexity index is 426. The molecule has 0 saturated heterocycles. The van der Waals surface area contributed by atoms with Crippen LogP contribution in [0.3, 0.4) is 0 Å². The van der Waals surface area contributed by atoms with E-state index in [0.29, 0.717) is 23.9 Å². The van der Waals surface area contributed by atoms with Gasteiger partial charge in [0.15, 0.2) is 0 Å². The molecule has 1 aliphatic rings. The van der Waals surface area contributed by atoms with E-state index in [4.69, 9.17) is 4.74 Å². The van der Waals surface area contributed by atoms with Gasteiger partial charge in [-0.05, 0) is 25.2 Å². The van der Waals surface area contributed by atoms with E-state index in [9.17, 15) is 0 Å². The van der Waals surface area contributed by atoms with Gasteiger partial charge in [0.1, 0.15) is 0 Å². The lowest BCUT2D eigenvalue weighted by atomic mass is 9.87. The average Bonchev–Trinajstić information content (AvgIpc) is 2.45. The van der Waals surface area contributed by atoms with Gasteiger partial charge in [-0.1, -0.05) is 26.7 Å². The van der Waals surface area contributed by atoms with E-state index >= 15 is 0 Å². The number of hydrogen-bond donors (Lipinski definition) is 2. The maximum Gasteiger partial charge on any atom is 0.322 e. The van der Waals surface area contributed by atoms with Crippen molar-refractivity contribution in [2.45, 2.75) is 52.0 Å². The lowest BCUT2D eigenvalue weighted by molar-refractivity contribution is 0.355. The van der Waals surface area contributed by atoms with E-state index < -0.39 is 0 Å². The van der Waals surface area contributed by atoms with Crippen molar-refractivity contribution in [1.82, 2.24) is 15.0 Å². The van der Waals surface area contributed by atoms with Crippen LogP contribution >= 0.6 is 0 Å². The normalized spacial score (nSPS) is 22.4. The SMILES string of the molecule is CCCNc1nc(NC2CCCC(C)C2)nc(OC)n1. The van der Waals surface area contributed by atoms with Gasteiger partial charge in [0, 0.05) is 12.6 Å². The van der Waals surface area contributed by atoms with Crippen molar-refractivity contribution < 1.29 is 4.74 Å². The monoisotopic (exact) mass is 279 g/mol. The minimum Gasteiger partial charge on any atom is -0.467 e. The van der Waals surface area contributed by atoms with Crippen LogP contribution in [0.4, 0.5) is 11.9 Å². The van der Waals surface area contributed by atoms with Crippen molar-refractivity contribution in [2.24, 2.45) is 5.92 Å². The molecule has 1 aliphatic carbocycles. The minimum atomic E-state index is 0.352. The second-order valence-corrected chi connectivity index (χ2v) is 5.51. The van der Waals surface area contributed by atoms with Crippen LogP contribution in [-0.4, -0.2) is 34.6 Å². The molecule has 1 saturated carbocycles. The number of nitrogens with zero attached hydrogens (tertiary/aromatic N) is 3. The van der Waals surface area contributed by atoms with E-state index in [-0.39, 0.29) is 0 Å². The molecule has 2 rings (SSSR count). The van der Waals surface area contributed by atoms with Gasteiger partial charge >= 0.3 is 6.01 Å². The lowest BCUT2D eigenvalue weighted by Crippen LogP contribution is -2.27. The first-order valence-electron chi connectivity index (χ1n) is 7.51. The highest BCUT2D eigenvalue weighted by Gasteiger charge is 2.20. The van der Waals surface area contributed by atoms with E-state index in [2.05, 4.69) is 39.4 Å². The quantitative estimate of drug-likeness (QED) is 0.834. The maximum absolute atomic E-state index is 5.14. The van der Waals surface area contributed by atoms with Crippen molar-refractivity contribution >= 4 is 11.9 Å². The highest BCUT2D eigenvalue weighted by molar-refractivity contribution is 5.36. The molecule has 2 atom stereocenters. The second-order valence-electron chi connectivity index (χ2n) is 5.51. The molecule has 0 amide bonds. The first kappa shape index (κ1) is 14.8. The third kappa shape index (κ3) is 4.21.